The Morgan fingerprint density at radius 1 is 1.00 bits per heavy atom. The van der Waals surface area contributed by atoms with Gasteiger partial charge in [0.15, 0.2) is 0 Å². The van der Waals surface area contributed by atoms with Crippen LogP contribution in [0.1, 0.15) is 34.7 Å². The summed E-state index contributed by atoms with van der Waals surface area (Å²) >= 11 is 0. The lowest BCUT2D eigenvalue weighted by molar-refractivity contribution is -0.120. The van der Waals surface area contributed by atoms with Crippen LogP contribution in [0.2, 0.25) is 0 Å². The third kappa shape index (κ3) is 4.29. The molecule has 0 saturated heterocycles. The van der Waals surface area contributed by atoms with Crippen LogP contribution in [0.25, 0.3) is 0 Å². The molecule has 0 heterocycles. The molecular formula is C19H22N2O. The van der Waals surface area contributed by atoms with Crippen LogP contribution in [-0.2, 0) is 11.2 Å². The molecule has 3 nitrogen and oxygen atoms in total. The second-order valence-corrected chi connectivity index (χ2v) is 5.69. The minimum absolute atomic E-state index is 0.102. The molecule has 0 atom stereocenters. The van der Waals surface area contributed by atoms with Gasteiger partial charge < -0.3 is 0 Å². The quantitative estimate of drug-likeness (QED) is 0.678. The van der Waals surface area contributed by atoms with E-state index >= 15 is 0 Å². The summed E-state index contributed by atoms with van der Waals surface area (Å²) in [5, 5.41) is 4.18. The van der Waals surface area contributed by atoms with Crippen LogP contribution in [0.4, 0.5) is 0 Å². The second kappa shape index (κ2) is 7.03. The summed E-state index contributed by atoms with van der Waals surface area (Å²) in [6.07, 6.45) is 0.339. The summed E-state index contributed by atoms with van der Waals surface area (Å²) in [6.45, 7) is 8.05. The predicted molar refractivity (Wildman–Crippen MR) is 91.2 cm³/mol. The van der Waals surface area contributed by atoms with Crippen molar-refractivity contribution in [2.24, 2.45) is 5.10 Å². The Bertz CT molecular complexity index is 700. The lowest BCUT2D eigenvalue weighted by atomic mass is 10.0. The molecule has 3 heteroatoms. The first-order chi connectivity index (χ1) is 10.5. The van der Waals surface area contributed by atoms with Crippen molar-refractivity contribution in [2.75, 3.05) is 0 Å². The van der Waals surface area contributed by atoms with Gasteiger partial charge in [0, 0.05) is 0 Å². The van der Waals surface area contributed by atoms with Gasteiger partial charge in [0.2, 0.25) is 5.91 Å². The van der Waals surface area contributed by atoms with E-state index in [0.29, 0.717) is 6.42 Å². The molecule has 0 bridgehead atoms. The number of hydrogen-bond acceptors (Lipinski definition) is 2. The molecule has 0 aliphatic carbocycles. The lowest BCUT2D eigenvalue weighted by Gasteiger charge is -2.06. The van der Waals surface area contributed by atoms with E-state index in [2.05, 4.69) is 24.4 Å². The molecule has 2 rings (SSSR count). The van der Waals surface area contributed by atoms with E-state index in [1.807, 2.05) is 56.3 Å². The highest BCUT2D eigenvalue weighted by atomic mass is 16.2. The molecule has 0 aliphatic rings. The maximum atomic E-state index is 12.0. The number of nitrogens with zero attached hydrogens (tertiary/aromatic N) is 1. The molecule has 1 N–H and O–H groups in total. The molecule has 22 heavy (non-hydrogen) atoms. The highest BCUT2D eigenvalue weighted by molar-refractivity contribution is 5.99. The molecule has 0 saturated carbocycles. The standard InChI is InChI=1S/C19H22N2O/c1-13-5-9-18(10-6-13)16(4)20-21-19(22)12-17-8-7-14(2)15(3)11-17/h5-11H,12H2,1-4H3,(H,21,22)/b20-16-. The van der Waals surface area contributed by atoms with Crippen molar-refractivity contribution in [1.82, 2.24) is 5.43 Å². The molecule has 0 spiro atoms. The highest BCUT2D eigenvalue weighted by Gasteiger charge is 2.04. The molecule has 0 aliphatic heterocycles. The molecule has 0 unspecified atom stereocenters. The van der Waals surface area contributed by atoms with Crippen LogP contribution in [0.5, 0.6) is 0 Å². The van der Waals surface area contributed by atoms with Crippen LogP contribution < -0.4 is 5.43 Å². The zero-order valence-corrected chi connectivity index (χ0v) is 13.6. The Labute approximate surface area is 132 Å². The fraction of sp³-hybridized carbons (Fsp3) is 0.263. The largest absolute Gasteiger partial charge is 0.273 e. The molecular weight excluding hydrogens is 272 g/mol. The fourth-order valence-corrected chi connectivity index (χ4v) is 2.14. The number of hydrogen-bond donors (Lipinski definition) is 1. The summed E-state index contributed by atoms with van der Waals surface area (Å²) in [5.74, 6) is -0.102. The first-order valence-electron chi connectivity index (χ1n) is 7.42. The Morgan fingerprint density at radius 2 is 1.68 bits per heavy atom. The van der Waals surface area contributed by atoms with Gasteiger partial charge >= 0.3 is 0 Å². The number of carbonyl (C=O) groups excluding carboxylic acids is 1. The number of hydrazone groups is 1. The smallest absolute Gasteiger partial charge is 0.244 e. The Hall–Kier alpha value is -2.42. The monoisotopic (exact) mass is 294 g/mol. The molecule has 2 aromatic rings. The van der Waals surface area contributed by atoms with Crippen molar-refractivity contribution in [2.45, 2.75) is 34.1 Å². The van der Waals surface area contributed by atoms with E-state index in [9.17, 15) is 4.79 Å². The second-order valence-electron chi connectivity index (χ2n) is 5.69. The van der Waals surface area contributed by atoms with E-state index in [-0.39, 0.29) is 5.91 Å². The van der Waals surface area contributed by atoms with Crippen molar-refractivity contribution in [3.63, 3.8) is 0 Å². The van der Waals surface area contributed by atoms with E-state index in [1.165, 1.54) is 16.7 Å². The third-order valence-electron chi connectivity index (χ3n) is 3.75. The minimum atomic E-state index is -0.102. The molecule has 0 fully saturated rings. The number of rotatable bonds is 4. The summed E-state index contributed by atoms with van der Waals surface area (Å²) in [7, 11) is 0. The number of nitrogens with one attached hydrogen (secondary N) is 1. The van der Waals surface area contributed by atoms with Gasteiger partial charge in [-0.05, 0) is 49.9 Å². The van der Waals surface area contributed by atoms with Crippen molar-refractivity contribution >= 4 is 11.6 Å². The third-order valence-corrected chi connectivity index (χ3v) is 3.75. The fourth-order valence-electron chi connectivity index (χ4n) is 2.14. The molecule has 114 valence electrons. The van der Waals surface area contributed by atoms with E-state index < -0.39 is 0 Å². The Balaban J connectivity index is 1.98. The summed E-state index contributed by atoms with van der Waals surface area (Å²) in [5.41, 5.74) is 9.08. The van der Waals surface area contributed by atoms with Gasteiger partial charge in [-0.15, -0.1) is 0 Å². The van der Waals surface area contributed by atoms with E-state index in [0.717, 1.165) is 16.8 Å². The van der Waals surface area contributed by atoms with Gasteiger partial charge in [-0.3, -0.25) is 4.79 Å². The van der Waals surface area contributed by atoms with E-state index in [4.69, 9.17) is 0 Å². The van der Waals surface area contributed by atoms with Crippen LogP contribution in [-0.4, -0.2) is 11.6 Å². The maximum absolute atomic E-state index is 12.0. The first kappa shape index (κ1) is 16.0. The van der Waals surface area contributed by atoms with Crippen LogP contribution >= 0.6 is 0 Å². The van der Waals surface area contributed by atoms with Crippen LogP contribution in [0, 0.1) is 20.8 Å². The topological polar surface area (TPSA) is 41.5 Å². The van der Waals surface area contributed by atoms with Gasteiger partial charge in [0.1, 0.15) is 0 Å². The van der Waals surface area contributed by atoms with Gasteiger partial charge in [-0.25, -0.2) is 5.43 Å². The molecule has 2 aromatic carbocycles. The van der Waals surface area contributed by atoms with Gasteiger partial charge in [-0.1, -0.05) is 48.0 Å². The number of carbonyl (C=O) groups is 1. The zero-order valence-electron chi connectivity index (χ0n) is 13.6. The summed E-state index contributed by atoms with van der Waals surface area (Å²) < 4.78 is 0. The van der Waals surface area contributed by atoms with Crippen molar-refractivity contribution in [1.29, 1.82) is 0 Å². The van der Waals surface area contributed by atoms with Gasteiger partial charge in [0.05, 0.1) is 12.1 Å². The predicted octanol–water partition coefficient (Wildman–Crippen LogP) is 3.69. The van der Waals surface area contributed by atoms with Crippen LogP contribution in [0.15, 0.2) is 47.6 Å². The minimum Gasteiger partial charge on any atom is -0.273 e. The average Bonchev–Trinajstić information content (AvgIpc) is 2.49. The van der Waals surface area contributed by atoms with Gasteiger partial charge in [0.25, 0.3) is 0 Å². The normalized spacial score (nSPS) is 11.4. The lowest BCUT2D eigenvalue weighted by Crippen LogP contribution is -2.21. The SMILES string of the molecule is C/C(=N/NC(=O)Cc1ccc(C)c(C)c1)c1ccc(C)cc1. The first-order valence-corrected chi connectivity index (χ1v) is 7.42. The number of benzene rings is 2. The summed E-state index contributed by atoms with van der Waals surface area (Å²) in [6, 6.07) is 14.1. The molecule has 1 amide bonds. The number of amides is 1. The van der Waals surface area contributed by atoms with Crippen molar-refractivity contribution in [3.05, 3.63) is 70.3 Å². The van der Waals surface area contributed by atoms with Crippen molar-refractivity contribution < 1.29 is 4.79 Å². The molecule has 0 radical (unpaired) electrons. The zero-order chi connectivity index (χ0) is 16.1. The van der Waals surface area contributed by atoms with Gasteiger partial charge in [-0.2, -0.15) is 5.10 Å². The number of aryl methyl sites for hydroxylation is 3. The Kier molecular flexibility index (Phi) is 5.10. The summed E-state index contributed by atoms with van der Waals surface area (Å²) in [4.78, 5) is 12.0. The molecule has 0 aromatic heterocycles. The average molecular weight is 294 g/mol. The van der Waals surface area contributed by atoms with E-state index in [1.54, 1.807) is 0 Å². The Morgan fingerprint density at radius 3 is 2.32 bits per heavy atom. The van der Waals surface area contributed by atoms with Crippen LogP contribution in [0.3, 0.4) is 0 Å². The highest BCUT2D eigenvalue weighted by Crippen LogP contribution is 2.10. The van der Waals surface area contributed by atoms with Crippen molar-refractivity contribution in [3.8, 4) is 0 Å². The maximum Gasteiger partial charge on any atom is 0.244 e.